The SMILES string of the molecule is CCOC(=O)CC(=O)CCC=Cc1ccccc1. The first-order chi connectivity index (χ1) is 8.72. The number of rotatable bonds is 7. The van der Waals surface area contributed by atoms with Gasteiger partial charge in [0.15, 0.2) is 0 Å². The number of ether oxygens (including phenoxy) is 1. The molecule has 0 saturated heterocycles. The Hall–Kier alpha value is -1.90. The van der Waals surface area contributed by atoms with Crippen molar-refractivity contribution in [3.05, 3.63) is 42.0 Å². The van der Waals surface area contributed by atoms with Crippen molar-refractivity contribution in [3.63, 3.8) is 0 Å². The van der Waals surface area contributed by atoms with Crippen LogP contribution in [0.25, 0.3) is 6.08 Å². The Morgan fingerprint density at radius 1 is 1.22 bits per heavy atom. The second-order valence-electron chi connectivity index (χ2n) is 3.87. The van der Waals surface area contributed by atoms with Crippen LogP contribution in [-0.2, 0) is 14.3 Å². The maximum Gasteiger partial charge on any atom is 0.313 e. The molecule has 0 aliphatic carbocycles. The molecule has 96 valence electrons. The molecule has 0 radical (unpaired) electrons. The molecule has 1 aromatic carbocycles. The summed E-state index contributed by atoms with van der Waals surface area (Å²) in [5, 5.41) is 0. The lowest BCUT2D eigenvalue weighted by Crippen LogP contribution is -2.10. The van der Waals surface area contributed by atoms with Crippen LogP contribution in [0, 0.1) is 0 Å². The van der Waals surface area contributed by atoms with Gasteiger partial charge in [-0.05, 0) is 18.9 Å². The van der Waals surface area contributed by atoms with E-state index in [-0.39, 0.29) is 12.2 Å². The van der Waals surface area contributed by atoms with Gasteiger partial charge in [-0.3, -0.25) is 9.59 Å². The number of carbonyl (C=O) groups excluding carboxylic acids is 2. The molecule has 18 heavy (non-hydrogen) atoms. The van der Waals surface area contributed by atoms with E-state index in [1.165, 1.54) is 0 Å². The highest BCUT2D eigenvalue weighted by atomic mass is 16.5. The second kappa shape index (κ2) is 8.23. The van der Waals surface area contributed by atoms with Crippen LogP contribution in [0.2, 0.25) is 0 Å². The lowest BCUT2D eigenvalue weighted by molar-refractivity contribution is -0.145. The molecule has 0 heterocycles. The minimum atomic E-state index is -0.436. The lowest BCUT2D eigenvalue weighted by Gasteiger charge is -1.99. The Morgan fingerprint density at radius 2 is 1.94 bits per heavy atom. The molecule has 0 N–H and O–H groups in total. The summed E-state index contributed by atoms with van der Waals surface area (Å²) < 4.78 is 4.71. The minimum absolute atomic E-state index is 0.0776. The first-order valence-corrected chi connectivity index (χ1v) is 6.11. The molecule has 0 amide bonds. The average molecular weight is 246 g/mol. The normalized spacial score (nSPS) is 10.5. The van der Waals surface area contributed by atoms with Crippen LogP contribution < -0.4 is 0 Å². The highest BCUT2D eigenvalue weighted by molar-refractivity contribution is 5.95. The summed E-state index contributed by atoms with van der Waals surface area (Å²) in [4.78, 5) is 22.5. The molecule has 0 aromatic heterocycles. The van der Waals surface area contributed by atoms with Gasteiger partial charge in [-0.1, -0.05) is 42.5 Å². The fraction of sp³-hybridized carbons (Fsp3) is 0.333. The van der Waals surface area contributed by atoms with Crippen LogP contribution in [0.1, 0.15) is 31.7 Å². The fourth-order valence-electron chi connectivity index (χ4n) is 1.49. The number of hydrogen-bond donors (Lipinski definition) is 0. The Morgan fingerprint density at radius 3 is 2.61 bits per heavy atom. The smallest absolute Gasteiger partial charge is 0.313 e. The predicted molar refractivity (Wildman–Crippen MR) is 71.0 cm³/mol. The highest BCUT2D eigenvalue weighted by Crippen LogP contribution is 2.04. The van der Waals surface area contributed by atoms with Gasteiger partial charge in [-0.2, -0.15) is 0 Å². The van der Waals surface area contributed by atoms with Crippen molar-refractivity contribution in [2.24, 2.45) is 0 Å². The zero-order chi connectivity index (χ0) is 13.2. The van der Waals surface area contributed by atoms with E-state index in [0.717, 1.165) is 5.56 Å². The van der Waals surface area contributed by atoms with Crippen LogP contribution in [0.5, 0.6) is 0 Å². The molecule has 0 aliphatic rings. The maximum atomic E-state index is 11.4. The fourth-order valence-corrected chi connectivity index (χ4v) is 1.49. The molecular weight excluding hydrogens is 228 g/mol. The topological polar surface area (TPSA) is 43.4 Å². The van der Waals surface area contributed by atoms with E-state index in [0.29, 0.717) is 19.4 Å². The molecule has 0 unspecified atom stereocenters. The van der Waals surface area contributed by atoms with E-state index in [9.17, 15) is 9.59 Å². The zero-order valence-electron chi connectivity index (χ0n) is 10.6. The van der Waals surface area contributed by atoms with Crippen molar-refractivity contribution in [2.45, 2.75) is 26.2 Å². The number of hydrogen-bond acceptors (Lipinski definition) is 3. The Balaban J connectivity index is 2.23. The third kappa shape index (κ3) is 5.99. The van der Waals surface area contributed by atoms with Crippen molar-refractivity contribution < 1.29 is 14.3 Å². The summed E-state index contributed by atoms with van der Waals surface area (Å²) >= 11 is 0. The summed E-state index contributed by atoms with van der Waals surface area (Å²) in [6.07, 6.45) is 4.82. The summed E-state index contributed by atoms with van der Waals surface area (Å²) in [6.45, 7) is 2.05. The molecule has 0 fully saturated rings. The van der Waals surface area contributed by atoms with E-state index in [1.54, 1.807) is 6.92 Å². The van der Waals surface area contributed by atoms with E-state index in [1.807, 2.05) is 42.5 Å². The first-order valence-electron chi connectivity index (χ1n) is 6.11. The monoisotopic (exact) mass is 246 g/mol. The van der Waals surface area contributed by atoms with Gasteiger partial charge >= 0.3 is 5.97 Å². The van der Waals surface area contributed by atoms with Gasteiger partial charge < -0.3 is 4.74 Å². The summed E-state index contributed by atoms with van der Waals surface area (Å²) in [7, 11) is 0. The van der Waals surface area contributed by atoms with Crippen molar-refractivity contribution in [1.82, 2.24) is 0 Å². The molecule has 0 spiro atoms. The Kier molecular flexibility index (Phi) is 6.47. The third-order valence-corrected chi connectivity index (χ3v) is 2.35. The minimum Gasteiger partial charge on any atom is -0.466 e. The van der Waals surface area contributed by atoms with Crippen LogP contribution in [0.3, 0.4) is 0 Å². The Bertz CT molecular complexity index is 407. The quantitative estimate of drug-likeness (QED) is 0.548. The van der Waals surface area contributed by atoms with Gasteiger partial charge in [-0.15, -0.1) is 0 Å². The average Bonchev–Trinajstić information content (AvgIpc) is 2.36. The van der Waals surface area contributed by atoms with Crippen molar-refractivity contribution >= 4 is 17.8 Å². The molecular formula is C15H18O3. The predicted octanol–water partition coefficient (Wildman–Crippen LogP) is 3.00. The number of allylic oxidation sites excluding steroid dienone is 1. The highest BCUT2D eigenvalue weighted by Gasteiger charge is 2.08. The van der Waals surface area contributed by atoms with Crippen LogP contribution in [-0.4, -0.2) is 18.4 Å². The van der Waals surface area contributed by atoms with Crippen LogP contribution in [0.4, 0.5) is 0 Å². The van der Waals surface area contributed by atoms with Gasteiger partial charge in [0.25, 0.3) is 0 Å². The van der Waals surface area contributed by atoms with Crippen LogP contribution >= 0.6 is 0 Å². The van der Waals surface area contributed by atoms with Gasteiger partial charge in [0.1, 0.15) is 12.2 Å². The number of Topliss-reactive ketones (excluding diaryl/α,β-unsaturated/α-hetero) is 1. The molecule has 0 bridgehead atoms. The Labute approximate surface area is 107 Å². The molecule has 0 atom stereocenters. The van der Waals surface area contributed by atoms with Crippen molar-refractivity contribution in [3.8, 4) is 0 Å². The first kappa shape index (κ1) is 14.2. The number of benzene rings is 1. The molecule has 0 aliphatic heterocycles. The van der Waals surface area contributed by atoms with E-state index < -0.39 is 5.97 Å². The van der Waals surface area contributed by atoms with Gasteiger partial charge in [0.05, 0.1) is 6.61 Å². The van der Waals surface area contributed by atoms with Crippen molar-refractivity contribution in [1.29, 1.82) is 0 Å². The molecule has 1 rings (SSSR count). The van der Waals surface area contributed by atoms with Gasteiger partial charge in [0, 0.05) is 6.42 Å². The molecule has 1 aromatic rings. The second-order valence-corrected chi connectivity index (χ2v) is 3.87. The number of esters is 1. The third-order valence-electron chi connectivity index (χ3n) is 2.35. The summed E-state index contributed by atoms with van der Waals surface area (Å²) in [6, 6.07) is 9.88. The van der Waals surface area contributed by atoms with Crippen LogP contribution in [0.15, 0.2) is 36.4 Å². The number of carbonyl (C=O) groups is 2. The molecule has 3 heteroatoms. The van der Waals surface area contributed by atoms with Crippen molar-refractivity contribution in [2.75, 3.05) is 6.61 Å². The summed E-state index contributed by atoms with van der Waals surface area (Å²) in [5.74, 6) is -0.513. The zero-order valence-corrected chi connectivity index (χ0v) is 10.6. The lowest BCUT2D eigenvalue weighted by atomic mass is 10.1. The molecule has 3 nitrogen and oxygen atoms in total. The van der Waals surface area contributed by atoms with E-state index in [4.69, 9.17) is 4.74 Å². The van der Waals surface area contributed by atoms with Gasteiger partial charge in [0.2, 0.25) is 0 Å². The summed E-state index contributed by atoms with van der Waals surface area (Å²) in [5.41, 5.74) is 1.11. The maximum absolute atomic E-state index is 11.4. The molecule has 0 saturated carbocycles. The largest absolute Gasteiger partial charge is 0.466 e. The number of ketones is 1. The standard InChI is InChI=1S/C15H18O3/c1-2-18-15(17)12-14(16)11-7-6-10-13-8-4-3-5-9-13/h3-6,8-10H,2,7,11-12H2,1H3. The van der Waals surface area contributed by atoms with E-state index in [2.05, 4.69) is 0 Å². The van der Waals surface area contributed by atoms with E-state index >= 15 is 0 Å². The van der Waals surface area contributed by atoms with Gasteiger partial charge in [-0.25, -0.2) is 0 Å².